The molecule has 0 bridgehead atoms. The molecular formula is C12H20O2. The molecule has 0 radical (unpaired) electrons. The number of allylic oxidation sites excluding steroid dienone is 1. The van der Waals surface area contributed by atoms with Crippen LogP contribution in [0.3, 0.4) is 0 Å². The van der Waals surface area contributed by atoms with Crippen molar-refractivity contribution in [2.24, 2.45) is 5.41 Å². The van der Waals surface area contributed by atoms with Gasteiger partial charge in [0.25, 0.3) is 0 Å². The lowest BCUT2D eigenvalue weighted by Crippen LogP contribution is -2.21. The molecule has 0 saturated carbocycles. The van der Waals surface area contributed by atoms with Crippen molar-refractivity contribution in [3.63, 3.8) is 0 Å². The van der Waals surface area contributed by atoms with Crippen LogP contribution in [0.5, 0.6) is 0 Å². The van der Waals surface area contributed by atoms with Gasteiger partial charge in [-0.1, -0.05) is 25.5 Å². The Morgan fingerprint density at radius 2 is 2.29 bits per heavy atom. The Morgan fingerprint density at radius 3 is 2.86 bits per heavy atom. The van der Waals surface area contributed by atoms with Crippen LogP contribution < -0.4 is 0 Å². The quantitative estimate of drug-likeness (QED) is 0.512. The highest BCUT2D eigenvalue weighted by atomic mass is 16.5. The molecule has 0 atom stereocenters. The second-order valence-corrected chi connectivity index (χ2v) is 4.49. The lowest BCUT2D eigenvalue weighted by atomic mass is 9.74. The van der Waals surface area contributed by atoms with E-state index in [0.29, 0.717) is 13.0 Å². The molecule has 1 rings (SSSR count). The Morgan fingerprint density at radius 1 is 1.57 bits per heavy atom. The summed E-state index contributed by atoms with van der Waals surface area (Å²) >= 11 is 0. The standard InChI is InChI=1S/C12H20O2/c1-4-14-11(13)9-10-7-5-6-8-12(10,2)3/h7H,4-6,8-9H2,1-3H3. The molecule has 2 heteroatoms. The SMILES string of the molecule is CCOC(=O)CC1=CCCCC1(C)C. The Labute approximate surface area is 86.3 Å². The van der Waals surface area contributed by atoms with Crippen LogP contribution in [-0.4, -0.2) is 12.6 Å². The summed E-state index contributed by atoms with van der Waals surface area (Å²) in [6.07, 6.45) is 6.21. The van der Waals surface area contributed by atoms with Crippen molar-refractivity contribution in [2.75, 3.05) is 6.61 Å². The van der Waals surface area contributed by atoms with Gasteiger partial charge in [-0.2, -0.15) is 0 Å². The molecular weight excluding hydrogens is 176 g/mol. The van der Waals surface area contributed by atoms with Crippen LogP contribution in [0.1, 0.15) is 46.5 Å². The predicted molar refractivity (Wildman–Crippen MR) is 57.0 cm³/mol. The van der Waals surface area contributed by atoms with E-state index < -0.39 is 0 Å². The van der Waals surface area contributed by atoms with Crippen molar-refractivity contribution in [1.82, 2.24) is 0 Å². The fourth-order valence-corrected chi connectivity index (χ4v) is 1.94. The smallest absolute Gasteiger partial charge is 0.309 e. The van der Waals surface area contributed by atoms with Crippen molar-refractivity contribution in [3.05, 3.63) is 11.6 Å². The molecule has 0 saturated heterocycles. The lowest BCUT2D eigenvalue weighted by molar-refractivity contribution is -0.142. The topological polar surface area (TPSA) is 26.3 Å². The van der Waals surface area contributed by atoms with Crippen LogP contribution in [-0.2, 0) is 9.53 Å². The first-order valence-electron chi connectivity index (χ1n) is 5.41. The van der Waals surface area contributed by atoms with Gasteiger partial charge in [-0.25, -0.2) is 0 Å². The first kappa shape index (κ1) is 11.3. The van der Waals surface area contributed by atoms with Crippen LogP contribution in [0, 0.1) is 5.41 Å². The summed E-state index contributed by atoms with van der Waals surface area (Å²) in [5.74, 6) is -0.0891. The second kappa shape index (κ2) is 4.63. The Kier molecular flexibility index (Phi) is 3.73. The average molecular weight is 196 g/mol. The van der Waals surface area contributed by atoms with Gasteiger partial charge < -0.3 is 4.74 Å². The van der Waals surface area contributed by atoms with Crippen LogP contribution in [0.15, 0.2) is 11.6 Å². The number of rotatable bonds is 3. The molecule has 1 aliphatic rings. The largest absolute Gasteiger partial charge is 0.466 e. The lowest BCUT2D eigenvalue weighted by Gasteiger charge is -2.31. The molecule has 0 unspecified atom stereocenters. The molecule has 0 aromatic carbocycles. The van der Waals surface area contributed by atoms with E-state index in [4.69, 9.17) is 4.74 Å². The highest BCUT2D eigenvalue weighted by molar-refractivity contribution is 5.72. The molecule has 0 aromatic rings. The Hall–Kier alpha value is -0.790. The number of hydrogen-bond acceptors (Lipinski definition) is 2. The third kappa shape index (κ3) is 2.86. The molecule has 0 aromatic heterocycles. The first-order chi connectivity index (χ1) is 6.56. The summed E-state index contributed by atoms with van der Waals surface area (Å²) < 4.78 is 4.96. The first-order valence-corrected chi connectivity index (χ1v) is 5.41. The summed E-state index contributed by atoms with van der Waals surface area (Å²) in [4.78, 5) is 11.3. The van der Waals surface area contributed by atoms with E-state index in [1.54, 1.807) is 0 Å². The number of ether oxygens (including phenoxy) is 1. The number of carbonyl (C=O) groups is 1. The predicted octanol–water partition coefficient (Wildman–Crippen LogP) is 3.08. The van der Waals surface area contributed by atoms with Crippen molar-refractivity contribution < 1.29 is 9.53 Å². The fraction of sp³-hybridized carbons (Fsp3) is 0.750. The number of hydrogen-bond donors (Lipinski definition) is 0. The van der Waals surface area contributed by atoms with E-state index >= 15 is 0 Å². The fourth-order valence-electron chi connectivity index (χ4n) is 1.94. The molecule has 2 nitrogen and oxygen atoms in total. The van der Waals surface area contributed by atoms with E-state index in [1.807, 2.05) is 6.92 Å². The van der Waals surface area contributed by atoms with Crippen molar-refractivity contribution in [1.29, 1.82) is 0 Å². The summed E-state index contributed by atoms with van der Waals surface area (Å²) in [5.41, 5.74) is 1.44. The van der Waals surface area contributed by atoms with E-state index in [9.17, 15) is 4.79 Å². The van der Waals surface area contributed by atoms with E-state index in [2.05, 4.69) is 19.9 Å². The van der Waals surface area contributed by atoms with Crippen LogP contribution in [0.4, 0.5) is 0 Å². The maximum absolute atomic E-state index is 11.3. The zero-order valence-corrected chi connectivity index (χ0v) is 9.43. The second-order valence-electron chi connectivity index (χ2n) is 4.49. The third-order valence-electron chi connectivity index (χ3n) is 2.91. The normalized spacial score (nSPS) is 20.1. The highest BCUT2D eigenvalue weighted by Gasteiger charge is 2.27. The van der Waals surface area contributed by atoms with Gasteiger partial charge in [0.1, 0.15) is 0 Å². The minimum Gasteiger partial charge on any atom is -0.466 e. The van der Waals surface area contributed by atoms with Gasteiger partial charge in [0.05, 0.1) is 13.0 Å². The zero-order valence-electron chi connectivity index (χ0n) is 9.43. The maximum Gasteiger partial charge on any atom is 0.309 e. The minimum absolute atomic E-state index is 0.0891. The molecule has 0 aliphatic heterocycles. The van der Waals surface area contributed by atoms with E-state index in [1.165, 1.54) is 18.4 Å². The summed E-state index contributed by atoms with van der Waals surface area (Å²) in [5, 5.41) is 0. The van der Waals surface area contributed by atoms with Crippen LogP contribution in [0.2, 0.25) is 0 Å². The molecule has 14 heavy (non-hydrogen) atoms. The minimum atomic E-state index is -0.0891. The molecule has 0 heterocycles. The Bertz CT molecular complexity index is 239. The van der Waals surface area contributed by atoms with E-state index in [0.717, 1.165) is 6.42 Å². The van der Waals surface area contributed by atoms with Gasteiger partial charge in [0.15, 0.2) is 0 Å². The monoisotopic (exact) mass is 196 g/mol. The van der Waals surface area contributed by atoms with Gasteiger partial charge in [0, 0.05) is 0 Å². The summed E-state index contributed by atoms with van der Waals surface area (Å²) in [6.45, 7) is 6.74. The summed E-state index contributed by atoms with van der Waals surface area (Å²) in [6, 6.07) is 0. The molecule has 0 amide bonds. The van der Waals surface area contributed by atoms with Gasteiger partial charge in [0.2, 0.25) is 0 Å². The average Bonchev–Trinajstić information content (AvgIpc) is 2.09. The van der Waals surface area contributed by atoms with E-state index in [-0.39, 0.29) is 11.4 Å². The van der Waals surface area contributed by atoms with Gasteiger partial charge in [-0.15, -0.1) is 0 Å². The number of carbonyl (C=O) groups excluding carboxylic acids is 1. The van der Waals surface area contributed by atoms with Gasteiger partial charge in [-0.05, 0) is 31.6 Å². The van der Waals surface area contributed by atoms with Gasteiger partial charge >= 0.3 is 5.97 Å². The summed E-state index contributed by atoms with van der Waals surface area (Å²) in [7, 11) is 0. The van der Waals surface area contributed by atoms with Gasteiger partial charge in [-0.3, -0.25) is 4.79 Å². The number of esters is 1. The third-order valence-corrected chi connectivity index (χ3v) is 2.91. The van der Waals surface area contributed by atoms with Crippen molar-refractivity contribution in [3.8, 4) is 0 Å². The molecule has 80 valence electrons. The van der Waals surface area contributed by atoms with Crippen molar-refractivity contribution >= 4 is 5.97 Å². The molecule has 1 aliphatic carbocycles. The highest BCUT2D eigenvalue weighted by Crippen LogP contribution is 2.38. The maximum atomic E-state index is 11.3. The van der Waals surface area contributed by atoms with Crippen LogP contribution in [0.25, 0.3) is 0 Å². The Balaban J connectivity index is 2.58. The molecule has 0 N–H and O–H groups in total. The van der Waals surface area contributed by atoms with Crippen LogP contribution >= 0.6 is 0 Å². The zero-order chi connectivity index (χ0) is 10.6. The molecule has 0 spiro atoms. The van der Waals surface area contributed by atoms with Crippen molar-refractivity contribution in [2.45, 2.75) is 46.5 Å². The molecule has 0 fully saturated rings.